The molecule has 5 heteroatoms. The third-order valence-corrected chi connectivity index (χ3v) is 2.33. The number of esters is 1. The maximum absolute atomic E-state index is 11.6. The molecule has 0 bridgehead atoms. The van der Waals surface area contributed by atoms with Crippen LogP contribution in [0.4, 0.5) is 5.95 Å². The number of nitrogens with zero attached hydrogens (tertiary/aromatic N) is 3. The normalized spacial score (nSPS) is 14.8. The lowest BCUT2D eigenvalue weighted by molar-refractivity contribution is 0.0370. The van der Waals surface area contributed by atoms with E-state index >= 15 is 0 Å². The Morgan fingerprint density at radius 2 is 2.25 bits per heavy atom. The maximum atomic E-state index is 11.6. The monoisotopic (exact) mass is 221 g/mol. The molecule has 16 heavy (non-hydrogen) atoms. The van der Waals surface area contributed by atoms with Crippen molar-refractivity contribution in [1.29, 1.82) is 0 Å². The second-order valence-corrected chi connectivity index (χ2v) is 4.04. The van der Waals surface area contributed by atoms with Crippen LogP contribution in [0.2, 0.25) is 0 Å². The summed E-state index contributed by atoms with van der Waals surface area (Å²) < 4.78 is 5.07. The Hall–Kier alpha value is -1.65. The highest BCUT2D eigenvalue weighted by atomic mass is 16.5. The lowest BCUT2D eigenvalue weighted by Crippen LogP contribution is -2.38. The third kappa shape index (κ3) is 2.29. The second kappa shape index (κ2) is 4.47. The second-order valence-electron chi connectivity index (χ2n) is 4.04. The van der Waals surface area contributed by atoms with Crippen molar-refractivity contribution in [2.45, 2.75) is 26.4 Å². The van der Waals surface area contributed by atoms with Crippen LogP contribution in [0, 0.1) is 0 Å². The molecule has 2 heterocycles. The van der Waals surface area contributed by atoms with E-state index in [4.69, 9.17) is 4.74 Å². The Morgan fingerprint density at radius 1 is 1.50 bits per heavy atom. The number of carbonyl (C=O) groups excluding carboxylic acids is 1. The molecule has 86 valence electrons. The van der Waals surface area contributed by atoms with Crippen molar-refractivity contribution >= 4 is 11.9 Å². The molecule has 5 nitrogen and oxygen atoms in total. The van der Waals surface area contributed by atoms with Gasteiger partial charge in [-0.1, -0.05) is 0 Å². The van der Waals surface area contributed by atoms with Crippen LogP contribution in [0.3, 0.4) is 0 Å². The molecule has 1 aromatic heterocycles. The minimum Gasteiger partial charge on any atom is -0.458 e. The number of ether oxygens (including phenoxy) is 1. The molecule has 1 aliphatic heterocycles. The smallest absolute Gasteiger partial charge is 0.357 e. The lowest BCUT2D eigenvalue weighted by Gasteiger charge is -2.30. The molecular weight excluding hydrogens is 206 g/mol. The average molecular weight is 221 g/mol. The summed E-state index contributed by atoms with van der Waals surface area (Å²) in [7, 11) is 0. The van der Waals surface area contributed by atoms with Gasteiger partial charge in [-0.3, -0.25) is 0 Å². The van der Waals surface area contributed by atoms with Gasteiger partial charge in [0.2, 0.25) is 5.95 Å². The van der Waals surface area contributed by atoms with Crippen molar-refractivity contribution < 1.29 is 9.53 Å². The molecule has 1 aliphatic rings. The molecule has 0 aliphatic carbocycles. The van der Waals surface area contributed by atoms with E-state index in [1.807, 2.05) is 18.7 Å². The zero-order valence-corrected chi connectivity index (χ0v) is 9.51. The van der Waals surface area contributed by atoms with Gasteiger partial charge >= 0.3 is 5.97 Å². The van der Waals surface area contributed by atoms with Crippen molar-refractivity contribution in [2.24, 2.45) is 0 Å². The molecule has 1 fully saturated rings. The minimum absolute atomic E-state index is 0.130. The van der Waals surface area contributed by atoms with Crippen molar-refractivity contribution in [3.05, 3.63) is 18.0 Å². The first-order chi connectivity index (χ1) is 7.66. The van der Waals surface area contributed by atoms with Crippen LogP contribution < -0.4 is 4.90 Å². The fraction of sp³-hybridized carbons (Fsp3) is 0.545. The zero-order valence-electron chi connectivity index (χ0n) is 9.51. The van der Waals surface area contributed by atoms with Gasteiger partial charge in [0.05, 0.1) is 6.10 Å². The SMILES string of the molecule is CC(C)OC(=O)c1ccnc(N2CCC2)n1. The largest absolute Gasteiger partial charge is 0.458 e. The standard InChI is InChI=1S/C11H15N3O2/c1-8(2)16-10(15)9-4-5-12-11(13-9)14-6-3-7-14/h4-5,8H,3,6-7H2,1-2H3. The minimum atomic E-state index is -0.390. The predicted molar refractivity (Wildman–Crippen MR) is 59.4 cm³/mol. The zero-order chi connectivity index (χ0) is 11.5. The molecule has 1 saturated heterocycles. The quantitative estimate of drug-likeness (QED) is 0.719. The fourth-order valence-corrected chi connectivity index (χ4v) is 1.41. The van der Waals surface area contributed by atoms with Crippen LogP contribution in [0.5, 0.6) is 0 Å². The highest BCUT2D eigenvalue weighted by Gasteiger charge is 2.19. The van der Waals surface area contributed by atoms with Gasteiger partial charge in [-0.2, -0.15) is 0 Å². The number of carbonyl (C=O) groups is 1. The first-order valence-electron chi connectivity index (χ1n) is 5.46. The summed E-state index contributed by atoms with van der Waals surface area (Å²) in [5, 5.41) is 0. The van der Waals surface area contributed by atoms with E-state index in [0.717, 1.165) is 19.5 Å². The van der Waals surface area contributed by atoms with Gasteiger partial charge in [-0.15, -0.1) is 0 Å². The third-order valence-electron chi connectivity index (χ3n) is 2.33. The Bertz CT molecular complexity index is 389. The summed E-state index contributed by atoms with van der Waals surface area (Å²) in [4.78, 5) is 22.0. The van der Waals surface area contributed by atoms with Crippen molar-refractivity contribution in [3.63, 3.8) is 0 Å². The molecule has 0 unspecified atom stereocenters. The summed E-state index contributed by atoms with van der Waals surface area (Å²) >= 11 is 0. The van der Waals surface area contributed by atoms with Crippen molar-refractivity contribution in [1.82, 2.24) is 9.97 Å². The fourth-order valence-electron chi connectivity index (χ4n) is 1.41. The molecular formula is C11H15N3O2. The molecule has 2 rings (SSSR count). The Balaban J connectivity index is 2.11. The molecule has 0 atom stereocenters. The predicted octanol–water partition coefficient (Wildman–Crippen LogP) is 1.25. The van der Waals surface area contributed by atoms with E-state index in [2.05, 4.69) is 9.97 Å². The lowest BCUT2D eigenvalue weighted by atomic mass is 10.2. The van der Waals surface area contributed by atoms with Gasteiger partial charge in [0, 0.05) is 19.3 Å². The van der Waals surface area contributed by atoms with Gasteiger partial charge in [0.15, 0.2) is 5.69 Å². The van der Waals surface area contributed by atoms with Gasteiger partial charge in [0.1, 0.15) is 0 Å². The number of rotatable bonds is 3. The topological polar surface area (TPSA) is 55.3 Å². The highest BCUT2D eigenvalue weighted by Crippen LogP contribution is 2.15. The Labute approximate surface area is 94.5 Å². The Morgan fingerprint density at radius 3 is 2.81 bits per heavy atom. The van der Waals surface area contributed by atoms with E-state index < -0.39 is 0 Å². The van der Waals surface area contributed by atoms with Gasteiger partial charge in [-0.25, -0.2) is 14.8 Å². The molecule has 0 spiro atoms. The maximum Gasteiger partial charge on any atom is 0.357 e. The summed E-state index contributed by atoms with van der Waals surface area (Å²) in [6.07, 6.45) is 2.62. The molecule has 0 saturated carbocycles. The van der Waals surface area contributed by atoms with Crippen LogP contribution in [-0.2, 0) is 4.74 Å². The van der Waals surface area contributed by atoms with Crippen molar-refractivity contribution in [2.75, 3.05) is 18.0 Å². The number of hydrogen-bond donors (Lipinski definition) is 0. The highest BCUT2D eigenvalue weighted by molar-refractivity contribution is 5.87. The first kappa shape index (κ1) is 10.9. The van der Waals surface area contributed by atoms with Crippen LogP contribution in [0.15, 0.2) is 12.3 Å². The van der Waals surface area contributed by atoms with Crippen LogP contribution in [0.25, 0.3) is 0 Å². The van der Waals surface area contributed by atoms with E-state index in [0.29, 0.717) is 11.6 Å². The van der Waals surface area contributed by atoms with E-state index in [-0.39, 0.29) is 12.1 Å². The molecule has 1 aromatic rings. The van der Waals surface area contributed by atoms with E-state index in [1.165, 1.54) is 0 Å². The molecule has 0 radical (unpaired) electrons. The number of anilines is 1. The summed E-state index contributed by atoms with van der Waals surface area (Å²) in [5.41, 5.74) is 0.325. The molecule has 0 N–H and O–H groups in total. The average Bonchev–Trinajstić information content (AvgIpc) is 2.14. The summed E-state index contributed by atoms with van der Waals surface area (Å²) in [6, 6.07) is 1.58. The number of hydrogen-bond acceptors (Lipinski definition) is 5. The van der Waals surface area contributed by atoms with E-state index in [1.54, 1.807) is 12.3 Å². The van der Waals surface area contributed by atoms with Crippen LogP contribution in [-0.4, -0.2) is 35.1 Å². The van der Waals surface area contributed by atoms with Crippen LogP contribution >= 0.6 is 0 Å². The summed E-state index contributed by atoms with van der Waals surface area (Å²) in [5.74, 6) is 0.226. The Kier molecular flexibility index (Phi) is 3.03. The van der Waals surface area contributed by atoms with Crippen LogP contribution in [0.1, 0.15) is 30.8 Å². The molecule has 0 aromatic carbocycles. The van der Waals surface area contributed by atoms with Gasteiger partial charge in [0.25, 0.3) is 0 Å². The summed E-state index contributed by atoms with van der Waals surface area (Å²) in [6.45, 7) is 5.55. The number of aromatic nitrogens is 2. The van der Waals surface area contributed by atoms with Gasteiger partial charge in [-0.05, 0) is 26.3 Å². The van der Waals surface area contributed by atoms with Crippen molar-refractivity contribution in [3.8, 4) is 0 Å². The van der Waals surface area contributed by atoms with E-state index in [9.17, 15) is 4.79 Å². The van der Waals surface area contributed by atoms with Gasteiger partial charge < -0.3 is 9.64 Å². The molecule has 0 amide bonds. The first-order valence-corrected chi connectivity index (χ1v) is 5.46.